The first-order valence-electron chi connectivity index (χ1n) is 6.98. The van der Waals surface area contributed by atoms with Gasteiger partial charge in [-0.1, -0.05) is 0 Å². The van der Waals surface area contributed by atoms with E-state index >= 15 is 0 Å². The number of carbonyl (C=O) groups excluding carboxylic acids is 2. The minimum Gasteiger partial charge on any atom is -0.484 e. The summed E-state index contributed by atoms with van der Waals surface area (Å²) in [6, 6.07) is 14.5. The molecule has 0 aliphatic carbocycles. The van der Waals surface area contributed by atoms with Gasteiger partial charge in [0.15, 0.2) is 6.61 Å². The van der Waals surface area contributed by atoms with E-state index < -0.39 is 0 Å². The van der Waals surface area contributed by atoms with Crippen molar-refractivity contribution in [2.75, 3.05) is 23.9 Å². The first-order valence-corrected chi connectivity index (χ1v) is 8.06. The molecule has 0 atom stereocenters. The summed E-state index contributed by atoms with van der Waals surface area (Å²) in [7, 11) is 1.70. The van der Waals surface area contributed by atoms with Crippen LogP contribution in [-0.4, -0.2) is 25.5 Å². The number of ether oxygens (including phenoxy) is 1. The molecule has 0 radical (unpaired) electrons. The predicted octanol–water partition coefficient (Wildman–Crippen LogP) is 3.29. The summed E-state index contributed by atoms with van der Waals surface area (Å²) in [5, 5.41) is 2.76. The maximum atomic E-state index is 11.8. The van der Waals surface area contributed by atoms with Gasteiger partial charge in [-0.05, 0) is 71.1 Å². The van der Waals surface area contributed by atoms with Crippen molar-refractivity contribution >= 4 is 45.8 Å². The zero-order valence-electron chi connectivity index (χ0n) is 12.9. The number of amides is 2. The highest BCUT2D eigenvalue weighted by Gasteiger charge is 2.07. The van der Waals surface area contributed by atoms with Gasteiger partial charge in [-0.25, -0.2) is 0 Å². The smallest absolute Gasteiger partial charge is 0.262 e. The molecule has 0 bridgehead atoms. The quantitative estimate of drug-likeness (QED) is 0.750. The molecule has 1 N–H and O–H groups in total. The van der Waals surface area contributed by atoms with Crippen LogP contribution in [0.3, 0.4) is 0 Å². The second kappa shape index (κ2) is 7.96. The standard InChI is InChI=1S/C17H17IN2O3/c1-12(21)20(2)15-7-9-16(10-8-15)23-11-17(22)19-14-5-3-13(18)4-6-14/h3-10H,11H2,1-2H3,(H,19,22). The van der Waals surface area contributed by atoms with Crippen LogP contribution in [0.25, 0.3) is 0 Å². The molecule has 0 saturated carbocycles. The van der Waals surface area contributed by atoms with Gasteiger partial charge in [0.25, 0.3) is 5.91 Å². The first kappa shape index (κ1) is 17.3. The lowest BCUT2D eigenvalue weighted by atomic mass is 10.3. The number of anilines is 2. The molecule has 0 saturated heterocycles. The van der Waals surface area contributed by atoms with Crippen LogP contribution >= 0.6 is 22.6 Å². The molecule has 120 valence electrons. The zero-order valence-corrected chi connectivity index (χ0v) is 15.0. The predicted molar refractivity (Wildman–Crippen MR) is 98.8 cm³/mol. The molecule has 0 unspecified atom stereocenters. The molecule has 5 nitrogen and oxygen atoms in total. The number of halogens is 1. The SMILES string of the molecule is CC(=O)N(C)c1ccc(OCC(=O)Nc2ccc(I)cc2)cc1. The highest BCUT2D eigenvalue weighted by molar-refractivity contribution is 14.1. The Morgan fingerprint density at radius 3 is 2.26 bits per heavy atom. The van der Waals surface area contributed by atoms with Crippen LogP contribution in [0.5, 0.6) is 5.75 Å². The maximum Gasteiger partial charge on any atom is 0.262 e. The summed E-state index contributed by atoms with van der Waals surface area (Å²) in [5.41, 5.74) is 1.51. The third kappa shape index (κ3) is 5.24. The van der Waals surface area contributed by atoms with E-state index in [0.717, 1.165) is 14.9 Å². The van der Waals surface area contributed by atoms with Crippen LogP contribution in [0, 0.1) is 3.57 Å². The Bertz CT molecular complexity index is 684. The van der Waals surface area contributed by atoms with Gasteiger partial charge in [-0.3, -0.25) is 9.59 Å². The van der Waals surface area contributed by atoms with Crippen molar-refractivity contribution in [3.05, 3.63) is 52.1 Å². The van der Waals surface area contributed by atoms with E-state index in [-0.39, 0.29) is 18.4 Å². The Morgan fingerprint density at radius 2 is 1.70 bits per heavy atom. The van der Waals surface area contributed by atoms with Gasteiger partial charge in [0.05, 0.1) is 0 Å². The van der Waals surface area contributed by atoms with E-state index in [1.807, 2.05) is 24.3 Å². The van der Waals surface area contributed by atoms with Crippen molar-refractivity contribution in [2.24, 2.45) is 0 Å². The molecule has 2 aromatic carbocycles. The van der Waals surface area contributed by atoms with E-state index in [4.69, 9.17) is 4.74 Å². The maximum absolute atomic E-state index is 11.8. The summed E-state index contributed by atoms with van der Waals surface area (Å²) in [5.74, 6) is 0.301. The molecule has 2 rings (SSSR count). The van der Waals surface area contributed by atoms with Gasteiger partial charge >= 0.3 is 0 Å². The first-order chi connectivity index (χ1) is 11.0. The molecule has 6 heteroatoms. The Balaban J connectivity index is 1.86. The molecule has 0 spiro atoms. The Hall–Kier alpha value is -2.09. The van der Waals surface area contributed by atoms with E-state index in [1.165, 1.54) is 11.8 Å². The van der Waals surface area contributed by atoms with Crippen LogP contribution in [0.2, 0.25) is 0 Å². The van der Waals surface area contributed by atoms with Gasteiger partial charge in [-0.2, -0.15) is 0 Å². The van der Waals surface area contributed by atoms with Crippen molar-refractivity contribution in [1.82, 2.24) is 0 Å². The lowest BCUT2D eigenvalue weighted by molar-refractivity contribution is -0.118. The molecule has 2 aromatic rings. The fourth-order valence-electron chi connectivity index (χ4n) is 1.83. The van der Waals surface area contributed by atoms with Crippen molar-refractivity contribution in [2.45, 2.75) is 6.92 Å². The van der Waals surface area contributed by atoms with Gasteiger partial charge < -0.3 is 15.0 Å². The third-order valence-corrected chi connectivity index (χ3v) is 3.91. The minimum absolute atomic E-state index is 0.0458. The summed E-state index contributed by atoms with van der Waals surface area (Å²) >= 11 is 2.20. The molecule has 23 heavy (non-hydrogen) atoms. The lowest BCUT2D eigenvalue weighted by Gasteiger charge is -2.15. The van der Waals surface area contributed by atoms with Crippen molar-refractivity contribution in [3.63, 3.8) is 0 Å². The third-order valence-electron chi connectivity index (χ3n) is 3.19. The van der Waals surface area contributed by atoms with Crippen LogP contribution in [0.15, 0.2) is 48.5 Å². The number of hydrogen-bond acceptors (Lipinski definition) is 3. The van der Waals surface area contributed by atoms with E-state index in [0.29, 0.717) is 5.75 Å². The van der Waals surface area contributed by atoms with Crippen LogP contribution in [0.4, 0.5) is 11.4 Å². The van der Waals surface area contributed by atoms with Gasteiger partial charge in [0.1, 0.15) is 5.75 Å². The zero-order chi connectivity index (χ0) is 16.8. The Labute approximate surface area is 148 Å². The number of benzene rings is 2. The van der Waals surface area contributed by atoms with Crippen LogP contribution < -0.4 is 15.0 Å². The number of hydrogen-bond donors (Lipinski definition) is 1. The highest BCUT2D eigenvalue weighted by Crippen LogP contribution is 2.18. The second-order valence-electron chi connectivity index (χ2n) is 4.92. The van der Waals surface area contributed by atoms with Gasteiger partial charge in [0.2, 0.25) is 5.91 Å². The average Bonchev–Trinajstić information content (AvgIpc) is 2.55. The summed E-state index contributed by atoms with van der Waals surface area (Å²) in [4.78, 5) is 24.7. The minimum atomic E-state index is -0.226. The van der Waals surface area contributed by atoms with Crippen LogP contribution in [0.1, 0.15) is 6.92 Å². The fraction of sp³-hybridized carbons (Fsp3) is 0.176. The van der Waals surface area contributed by atoms with Crippen molar-refractivity contribution in [3.8, 4) is 5.75 Å². The molecule has 0 aliphatic heterocycles. The monoisotopic (exact) mass is 424 g/mol. The molecule has 0 aliphatic rings. The fourth-order valence-corrected chi connectivity index (χ4v) is 2.19. The molecular formula is C17H17IN2O3. The highest BCUT2D eigenvalue weighted by atomic mass is 127. The number of nitrogens with zero attached hydrogens (tertiary/aromatic N) is 1. The normalized spacial score (nSPS) is 10.0. The molecule has 0 aromatic heterocycles. The second-order valence-corrected chi connectivity index (χ2v) is 6.16. The number of rotatable bonds is 5. The van der Waals surface area contributed by atoms with E-state index in [9.17, 15) is 9.59 Å². The van der Waals surface area contributed by atoms with E-state index in [1.54, 1.807) is 31.3 Å². The summed E-state index contributed by atoms with van der Waals surface area (Å²) in [6.07, 6.45) is 0. The molecular weight excluding hydrogens is 407 g/mol. The van der Waals surface area contributed by atoms with E-state index in [2.05, 4.69) is 27.9 Å². The number of carbonyl (C=O) groups is 2. The lowest BCUT2D eigenvalue weighted by Crippen LogP contribution is -2.22. The van der Waals surface area contributed by atoms with Crippen LogP contribution in [-0.2, 0) is 9.59 Å². The number of nitrogens with one attached hydrogen (secondary N) is 1. The Kier molecular flexibility index (Phi) is 5.97. The molecule has 0 fully saturated rings. The molecule has 2 amide bonds. The molecule has 0 heterocycles. The van der Waals surface area contributed by atoms with Crippen molar-refractivity contribution < 1.29 is 14.3 Å². The Morgan fingerprint density at radius 1 is 1.09 bits per heavy atom. The average molecular weight is 424 g/mol. The van der Waals surface area contributed by atoms with Crippen molar-refractivity contribution in [1.29, 1.82) is 0 Å². The summed E-state index contributed by atoms with van der Waals surface area (Å²) in [6.45, 7) is 1.42. The topological polar surface area (TPSA) is 58.6 Å². The van der Waals surface area contributed by atoms with Gasteiger partial charge in [0, 0.05) is 28.9 Å². The largest absolute Gasteiger partial charge is 0.484 e. The van der Waals surface area contributed by atoms with Gasteiger partial charge in [-0.15, -0.1) is 0 Å². The summed E-state index contributed by atoms with van der Waals surface area (Å²) < 4.78 is 6.55.